The van der Waals surface area contributed by atoms with Gasteiger partial charge in [0.05, 0.1) is 11.4 Å². The predicted molar refractivity (Wildman–Crippen MR) is 72.6 cm³/mol. The molecule has 0 radical (unpaired) electrons. The molecule has 2 aromatic heterocycles. The van der Waals surface area contributed by atoms with Crippen molar-refractivity contribution in [1.29, 1.82) is 0 Å². The second-order valence-electron chi connectivity index (χ2n) is 5.10. The van der Waals surface area contributed by atoms with Crippen molar-refractivity contribution >= 4 is 0 Å². The molecule has 1 unspecified atom stereocenters. The fourth-order valence-electron chi connectivity index (χ4n) is 3.05. The van der Waals surface area contributed by atoms with E-state index < -0.39 is 0 Å². The Kier molecular flexibility index (Phi) is 2.96. The van der Waals surface area contributed by atoms with E-state index >= 15 is 0 Å². The van der Waals surface area contributed by atoms with Gasteiger partial charge in [0.2, 0.25) is 0 Å². The number of piperidine rings is 1. The van der Waals surface area contributed by atoms with Crippen LogP contribution in [0.2, 0.25) is 0 Å². The lowest BCUT2D eigenvalue weighted by molar-refractivity contribution is 0.442. The maximum Gasteiger partial charge on any atom is 0.0689 e. The minimum atomic E-state index is 0.572. The summed E-state index contributed by atoms with van der Waals surface area (Å²) >= 11 is 0. The van der Waals surface area contributed by atoms with E-state index in [0.717, 1.165) is 18.8 Å². The van der Waals surface area contributed by atoms with Crippen LogP contribution < -0.4 is 5.32 Å². The van der Waals surface area contributed by atoms with Gasteiger partial charge in [-0.1, -0.05) is 0 Å². The summed E-state index contributed by atoms with van der Waals surface area (Å²) in [6.07, 6.45) is 4.48. The number of aromatic nitrogens is 3. The number of aryl methyl sites for hydroxylation is 2. The van der Waals surface area contributed by atoms with E-state index in [1.54, 1.807) is 0 Å². The second kappa shape index (κ2) is 4.61. The molecule has 3 heterocycles. The zero-order valence-electron chi connectivity index (χ0n) is 11.0. The first-order valence-corrected chi connectivity index (χ1v) is 6.65. The van der Waals surface area contributed by atoms with Crippen LogP contribution in [-0.4, -0.2) is 27.9 Å². The van der Waals surface area contributed by atoms with Crippen LogP contribution in [0.25, 0.3) is 11.3 Å². The normalized spacial score (nSPS) is 20.2. The maximum absolute atomic E-state index is 4.61. The van der Waals surface area contributed by atoms with Crippen molar-refractivity contribution in [3.05, 3.63) is 29.7 Å². The lowest BCUT2D eigenvalue weighted by Crippen LogP contribution is -2.29. The van der Waals surface area contributed by atoms with Crippen LogP contribution in [0.3, 0.4) is 0 Å². The summed E-state index contributed by atoms with van der Waals surface area (Å²) in [4.78, 5) is 3.31. The van der Waals surface area contributed by atoms with Gasteiger partial charge in [-0.05, 0) is 38.4 Å². The molecule has 0 aromatic carbocycles. The van der Waals surface area contributed by atoms with Crippen molar-refractivity contribution in [3.8, 4) is 11.3 Å². The van der Waals surface area contributed by atoms with Crippen LogP contribution in [0, 0.1) is 6.92 Å². The molecule has 4 nitrogen and oxygen atoms in total. The highest BCUT2D eigenvalue weighted by atomic mass is 15.3. The minimum Gasteiger partial charge on any atom is -0.361 e. The molecule has 96 valence electrons. The number of nitrogens with one attached hydrogen (secondary N) is 2. The van der Waals surface area contributed by atoms with Crippen molar-refractivity contribution in [2.75, 3.05) is 13.1 Å². The Morgan fingerprint density at radius 3 is 3.00 bits per heavy atom. The lowest BCUT2D eigenvalue weighted by Gasteiger charge is -2.24. The second-order valence-corrected chi connectivity index (χ2v) is 5.10. The van der Waals surface area contributed by atoms with Gasteiger partial charge in [-0.15, -0.1) is 0 Å². The van der Waals surface area contributed by atoms with Gasteiger partial charge in [-0.25, -0.2) is 0 Å². The molecule has 2 N–H and O–H groups in total. The van der Waals surface area contributed by atoms with Crippen molar-refractivity contribution < 1.29 is 0 Å². The molecule has 1 aliphatic rings. The Labute approximate surface area is 107 Å². The molecule has 0 bridgehead atoms. The topological polar surface area (TPSA) is 45.6 Å². The molecule has 0 amide bonds. The van der Waals surface area contributed by atoms with E-state index in [0.29, 0.717) is 5.92 Å². The molecule has 1 aliphatic heterocycles. The van der Waals surface area contributed by atoms with Gasteiger partial charge in [-0.3, -0.25) is 4.68 Å². The number of aromatic amines is 1. The van der Waals surface area contributed by atoms with E-state index in [1.165, 1.54) is 29.8 Å². The summed E-state index contributed by atoms with van der Waals surface area (Å²) in [5.41, 5.74) is 4.94. The molecule has 18 heavy (non-hydrogen) atoms. The Hall–Kier alpha value is -1.55. The summed E-state index contributed by atoms with van der Waals surface area (Å²) in [5.74, 6) is 0.572. The molecular weight excluding hydrogens is 224 g/mol. The van der Waals surface area contributed by atoms with Crippen molar-refractivity contribution in [2.45, 2.75) is 25.7 Å². The SMILES string of the molecule is Cc1nn(C)c(C2CCCNC2)c1-c1ccc[nH]1. The first-order chi connectivity index (χ1) is 8.77. The van der Waals surface area contributed by atoms with Gasteiger partial charge in [-0.2, -0.15) is 5.10 Å². The van der Waals surface area contributed by atoms with E-state index in [9.17, 15) is 0 Å². The zero-order valence-corrected chi connectivity index (χ0v) is 11.0. The Bertz CT molecular complexity index is 518. The van der Waals surface area contributed by atoms with Gasteiger partial charge in [0.25, 0.3) is 0 Å². The smallest absolute Gasteiger partial charge is 0.0689 e. The highest BCUT2D eigenvalue weighted by Gasteiger charge is 2.24. The predicted octanol–water partition coefficient (Wildman–Crippen LogP) is 2.19. The minimum absolute atomic E-state index is 0.572. The molecule has 1 fully saturated rings. The fraction of sp³-hybridized carbons (Fsp3) is 0.500. The zero-order chi connectivity index (χ0) is 12.5. The van der Waals surface area contributed by atoms with Crippen LogP contribution in [0.4, 0.5) is 0 Å². The highest BCUT2D eigenvalue weighted by molar-refractivity contribution is 5.66. The Morgan fingerprint density at radius 2 is 2.33 bits per heavy atom. The van der Waals surface area contributed by atoms with E-state index in [-0.39, 0.29) is 0 Å². The first-order valence-electron chi connectivity index (χ1n) is 6.65. The van der Waals surface area contributed by atoms with Crippen LogP contribution in [-0.2, 0) is 7.05 Å². The number of rotatable bonds is 2. The van der Waals surface area contributed by atoms with Crippen LogP contribution in [0.1, 0.15) is 30.1 Å². The number of nitrogens with zero attached hydrogens (tertiary/aromatic N) is 2. The monoisotopic (exact) mass is 244 g/mol. The standard InChI is InChI=1S/C14H20N4/c1-10-13(12-6-4-8-16-12)14(18(2)17-10)11-5-3-7-15-9-11/h4,6,8,11,15-16H,3,5,7,9H2,1-2H3. The van der Waals surface area contributed by atoms with Gasteiger partial charge in [0, 0.05) is 37.0 Å². The van der Waals surface area contributed by atoms with Crippen molar-refractivity contribution in [2.24, 2.45) is 7.05 Å². The molecule has 0 saturated carbocycles. The van der Waals surface area contributed by atoms with Crippen LogP contribution in [0.5, 0.6) is 0 Å². The first kappa shape index (κ1) is 11.5. The average molecular weight is 244 g/mol. The summed E-state index contributed by atoms with van der Waals surface area (Å²) in [7, 11) is 2.06. The van der Waals surface area contributed by atoms with Gasteiger partial charge in [0.15, 0.2) is 0 Å². The molecule has 4 heteroatoms. The maximum atomic E-state index is 4.61. The van der Waals surface area contributed by atoms with E-state index in [1.807, 2.05) is 12.3 Å². The lowest BCUT2D eigenvalue weighted by atomic mass is 9.92. The average Bonchev–Trinajstić information content (AvgIpc) is 2.97. The van der Waals surface area contributed by atoms with Gasteiger partial charge in [0.1, 0.15) is 0 Å². The molecule has 0 spiro atoms. The third kappa shape index (κ3) is 1.86. The van der Waals surface area contributed by atoms with Crippen molar-refractivity contribution in [3.63, 3.8) is 0 Å². The van der Waals surface area contributed by atoms with Crippen molar-refractivity contribution in [1.82, 2.24) is 20.1 Å². The summed E-state index contributed by atoms with van der Waals surface area (Å²) in [6.45, 7) is 4.30. The number of hydrogen-bond acceptors (Lipinski definition) is 2. The van der Waals surface area contributed by atoms with E-state index in [2.05, 4.69) is 40.1 Å². The van der Waals surface area contributed by atoms with E-state index in [4.69, 9.17) is 0 Å². The molecule has 3 rings (SSSR count). The number of hydrogen-bond donors (Lipinski definition) is 2. The third-order valence-electron chi connectivity index (χ3n) is 3.82. The molecule has 2 aromatic rings. The van der Waals surface area contributed by atoms with Gasteiger partial charge < -0.3 is 10.3 Å². The molecule has 0 aliphatic carbocycles. The van der Waals surface area contributed by atoms with Crippen LogP contribution in [0.15, 0.2) is 18.3 Å². The Balaban J connectivity index is 2.07. The largest absolute Gasteiger partial charge is 0.361 e. The van der Waals surface area contributed by atoms with Gasteiger partial charge >= 0.3 is 0 Å². The summed E-state index contributed by atoms with van der Waals surface area (Å²) in [5, 5.41) is 8.10. The molecular formula is C14H20N4. The quantitative estimate of drug-likeness (QED) is 0.850. The molecule has 1 atom stereocenters. The van der Waals surface area contributed by atoms with Crippen LogP contribution >= 0.6 is 0 Å². The summed E-state index contributed by atoms with van der Waals surface area (Å²) < 4.78 is 2.06. The molecule has 1 saturated heterocycles. The Morgan fingerprint density at radius 1 is 1.44 bits per heavy atom. The number of H-pyrrole nitrogens is 1. The fourth-order valence-corrected chi connectivity index (χ4v) is 3.05. The summed E-state index contributed by atoms with van der Waals surface area (Å²) in [6, 6.07) is 4.18. The third-order valence-corrected chi connectivity index (χ3v) is 3.82. The highest BCUT2D eigenvalue weighted by Crippen LogP contribution is 2.33.